The molecule has 3 rings (SSSR count). The summed E-state index contributed by atoms with van der Waals surface area (Å²) < 4.78 is 0. The van der Waals surface area contributed by atoms with Crippen LogP contribution in [0.2, 0.25) is 5.02 Å². The topological polar surface area (TPSA) is 87.2 Å². The molecule has 0 unspecified atom stereocenters. The van der Waals surface area contributed by atoms with Crippen LogP contribution in [0.3, 0.4) is 0 Å². The highest BCUT2D eigenvalue weighted by Gasteiger charge is 2.19. The van der Waals surface area contributed by atoms with Gasteiger partial charge in [0.1, 0.15) is 0 Å². The summed E-state index contributed by atoms with van der Waals surface area (Å²) in [6, 6.07) is 7.42. The maximum atomic E-state index is 12.3. The number of nitrogens with zero attached hydrogens (tertiary/aromatic N) is 3. The third-order valence-electron chi connectivity index (χ3n) is 4.84. The van der Waals surface area contributed by atoms with Gasteiger partial charge in [-0.1, -0.05) is 48.3 Å². The molecular weight excluding hydrogens is 398 g/mol. The van der Waals surface area contributed by atoms with Crippen molar-refractivity contribution in [3.8, 4) is 0 Å². The molecule has 28 heavy (non-hydrogen) atoms. The number of hydrogen-bond donors (Lipinski definition) is 2. The number of benzene rings is 1. The van der Waals surface area contributed by atoms with Crippen molar-refractivity contribution in [3.05, 3.63) is 39.3 Å². The molecule has 0 atom stereocenters. The van der Waals surface area contributed by atoms with Gasteiger partial charge in [0, 0.05) is 29.8 Å². The van der Waals surface area contributed by atoms with Crippen molar-refractivity contribution in [3.63, 3.8) is 0 Å². The monoisotopic (exact) mass is 421 g/mol. The van der Waals surface area contributed by atoms with Crippen LogP contribution in [0.5, 0.6) is 0 Å². The molecule has 1 saturated carbocycles. The minimum atomic E-state index is -0.421. The lowest BCUT2D eigenvalue weighted by Gasteiger charge is -2.31. The second-order valence-electron chi connectivity index (χ2n) is 6.91. The molecule has 0 spiro atoms. The molecule has 2 N–H and O–H groups in total. The van der Waals surface area contributed by atoms with Crippen LogP contribution in [-0.2, 0) is 0 Å². The van der Waals surface area contributed by atoms with E-state index in [4.69, 9.17) is 11.6 Å². The van der Waals surface area contributed by atoms with Crippen LogP contribution in [0.15, 0.2) is 24.3 Å². The van der Waals surface area contributed by atoms with Crippen LogP contribution in [0.1, 0.15) is 51.7 Å². The number of hydrogen-bond acceptors (Lipinski definition) is 6. The van der Waals surface area contributed by atoms with Crippen LogP contribution >= 0.6 is 22.9 Å². The van der Waals surface area contributed by atoms with Crippen LogP contribution in [-0.4, -0.2) is 53.1 Å². The van der Waals surface area contributed by atoms with E-state index >= 15 is 0 Å². The van der Waals surface area contributed by atoms with E-state index in [2.05, 4.69) is 32.8 Å². The van der Waals surface area contributed by atoms with Crippen molar-refractivity contribution in [2.75, 3.05) is 25.5 Å². The maximum Gasteiger partial charge on any atom is 0.286 e. The number of anilines is 1. The van der Waals surface area contributed by atoms with Gasteiger partial charge in [0.25, 0.3) is 11.8 Å². The fourth-order valence-corrected chi connectivity index (χ4v) is 4.13. The average Bonchev–Trinajstić information content (AvgIpc) is 3.19. The smallest absolute Gasteiger partial charge is 0.286 e. The standard InChI is InChI=1S/C19H24ClN5O2S/c1-25(15-8-3-2-4-9-15)11-10-21-16(26)18-23-24-19(28-18)17(27)22-14-7-5-6-13(20)12-14/h5-7,12,15H,2-4,8-11H2,1H3,(H,21,26)(H,22,27). The van der Waals surface area contributed by atoms with Crippen LogP contribution < -0.4 is 10.6 Å². The van der Waals surface area contributed by atoms with Crippen molar-refractivity contribution in [2.45, 2.75) is 38.1 Å². The summed E-state index contributed by atoms with van der Waals surface area (Å²) in [5.74, 6) is -0.729. The van der Waals surface area contributed by atoms with Crippen molar-refractivity contribution in [2.24, 2.45) is 0 Å². The molecular formula is C19H24ClN5O2S. The number of aromatic nitrogens is 2. The highest BCUT2D eigenvalue weighted by molar-refractivity contribution is 7.15. The van der Waals surface area contributed by atoms with Crippen LogP contribution in [0.4, 0.5) is 5.69 Å². The molecule has 2 aromatic rings. The number of carbonyl (C=O) groups is 2. The Balaban J connectivity index is 1.47. The van der Waals surface area contributed by atoms with Gasteiger partial charge >= 0.3 is 0 Å². The van der Waals surface area contributed by atoms with E-state index < -0.39 is 5.91 Å². The number of rotatable bonds is 7. The number of carbonyl (C=O) groups excluding carboxylic acids is 2. The van der Waals surface area contributed by atoms with Crippen molar-refractivity contribution in [1.82, 2.24) is 20.4 Å². The summed E-state index contributed by atoms with van der Waals surface area (Å²) in [7, 11) is 2.10. The van der Waals surface area contributed by atoms with Crippen molar-refractivity contribution < 1.29 is 9.59 Å². The molecule has 1 fully saturated rings. The van der Waals surface area contributed by atoms with Crippen LogP contribution in [0, 0.1) is 0 Å². The van der Waals surface area contributed by atoms with E-state index in [0.29, 0.717) is 23.3 Å². The molecule has 2 amide bonds. The molecule has 9 heteroatoms. The minimum Gasteiger partial charge on any atom is -0.349 e. The molecule has 1 aliphatic carbocycles. The Morgan fingerprint density at radius 3 is 2.61 bits per heavy atom. The first-order valence-electron chi connectivity index (χ1n) is 9.42. The summed E-state index contributed by atoms with van der Waals surface area (Å²) in [6.07, 6.45) is 6.35. The average molecular weight is 422 g/mol. The zero-order valence-corrected chi connectivity index (χ0v) is 17.4. The molecule has 0 radical (unpaired) electrons. The van der Waals surface area contributed by atoms with Crippen molar-refractivity contribution in [1.29, 1.82) is 0 Å². The predicted octanol–water partition coefficient (Wildman–Crippen LogP) is 3.44. The molecule has 1 heterocycles. The summed E-state index contributed by atoms with van der Waals surface area (Å²) in [5.41, 5.74) is 0.560. The molecule has 1 aromatic carbocycles. The lowest BCUT2D eigenvalue weighted by molar-refractivity contribution is 0.0942. The van der Waals surface area contributed by atoms with E-state index in [1.54, 1.807) is 24.3 Å². The number of likely N-dealkylation sites (N-methyl/N-ethyl adjacent to an activating group) is 1. The van der Waals surface area contributed by atoms with Crippen molar-refractivity contribution >= 4 is 40.4 Å². The maximum absolute atomic E-state index is 12.3. The summed E-state index contributed by atoms with van der Waals surface area (Å²) in [4.78, 5) is 26.8. The van der Waals surface area contributed by atoms with E-state index in [1.165, 1.54) is 32.1 Å². The summed E-state index contributed by atoms with van der Waals surface area (Å²) in [5, 5.41) is 14.0. The van der Waals surface area contributed by atoms with Gasteiger partial charge in [0.05, 0.1) is 0 Å². The molecule has 0 bridgehead atoms. The SMILES string of the molecule is CN(CCNC(=O)c1nnc(C(=O)Nc2cccc(Cl)c2)s1)C1CCCCC1. The van der Waals surface area contributed by atoms with E-state index in [9.17, 15) is 9.59 Å². The number of nitrogens with one attached hydrogen (secondary N) is 2. The first-order chi connectivity index (χ1) is 13.5. The van der Waals surface area contributed by atoms with Gasteiger partial charge in [-0.15, -0.1) is 10.2 Å². The number of amides is 2. The molecule has 7 nitrogen and oxygen atoms in total. The van der Waals surface area contributed by atoms with Gasteiger partial charge in [-0.2, -0.15) is 0 Å². The van der Waals surface area contributed by atoms with E-state index in [0.717, 1.165) is 17.9 Å². The second-order valence-corrected chi connectivity index (χ2v) is 8.32. The highest BCUT2D eigenvalue weighted by Crippen LogP contribution is 2.21. The first kappa shape index (κ1) is 20.7. The third-order valence-corrected chi connectivity index (χ3v) is 6.00. The van der Waals surface area contributed by atoms with Gasteiger partial charge in [0.15, 0.2) is 0 Å². The quantitative estimate of drug-likeness (QED) is 0.715. The zero-order chi connectivity index (χ0) is 19.9. The Morgan fingerprint density at radius 1 is 1.18 bits per heavy atom. The molecule has 1 aliphatic rings. The second kappa shape index (κ2) is 9.95. The number of halogens is 1. The Hall–Kier alpha value is -2.03. The first-order valence-corrected chi connectivity index (χ1v) is 10.6. The highest BCUT2D eigenvalue weighted by atomic mass is 35.5. The van der Waals surface area contributed by atoms with Gasteiger partial charge < -0.3 is 15.5 Å². The largest absolute Gasteiger partial charge is 0.349 e. The Labute approximate surface area is 173 Å². The van der Waals surface area contributed by atoms with E-state index in [-0.39, 0.29) is 15.9 Å². The fraction of sp³-hybridized carbons (Fsp3) is 0.474. The molecule has 150 valence electrons. The Kier molecular flexibility index (Phi) is 7.36. The van der Waals surface area contributed by atoms with Crippen LogP contribution in [0.25, 0.3) is 0 Å². The van der Waals surface area contributed by atoms with E-state index in [1.807, 2.05) is 0 Å². The molecule has 0 saturated heterocycles. The fourth-order valence-electron chi connectivity index (χ4n) is 3.28. The lowest BCUT2D eigenvalue weighted by atomic mass is 9.94. The van der Waals surface area contributed by atoms with Gasteiger partial charge in [-0.25, -0.2) is 0 Å². The predicted molar refractivity (Wildman–Crippen MR) is 111 cm³/mol. The Morgan fingerprint density at radius 2 is 1.89 bits per heavy atom. The van der Waals surface area contributed by atoms with Gasteiger partial charge in [-0.05, 0) is 38.1 Å². The zero-order valence-electron chi connectivity index (χ0n) is 15.8. The van der Waals surface area contributed by atoms with Gasteiger partial charge in [0.2, 0.25) is 10.0 Å². The molecule has 0 aliphatic heterocycles. The molecule has 1 aromatic heterocycles. The third kappa shape index (κ3) is 5.73. The van der Waals surface area contributed by atoms with Gasteiger partial charge in [-0.3, -0.25) is 9.59 Å². The normalized spacial score (nSPS) is 14.8. The lowest BCUT2D eigenvalue weighted by Crippen LogP contribution is -2.39. The summed E-state index contributed by atoms with van der Waals surface area (Å²) >= 11 is 6.87. The minimum absolute atomic E-state index is 0.129. The summed E-state index contributed by atoms with van der Waals surface area (Å²) in [6.45, 7) is 1.33. The Bertz CT molecular complexity index is 822.